The zero-order valence-corrected chi connectivity index (χ0v) is 15.2. The molecule has 1 heterocycles. The molecular formula is C21H22N2O3. The van der Waals surface area contributed by atoms with E-state index >= 15 is 0 Å². The molecule has 5 heteroatoms. The van der Waals surface area contributed by atoms with Crippen molar-refractivity contribution < 1.29 is 9.53 Å². The Kier molecular flexibility index (Phi) is 5.07. The number of rotatable bonds is 5. The maximum absolute atomic E-state index is 12.5. The average molecular weight is 350 g/mol. The number of nitrogens with one attached hydrogen (secondary N) is 1. The smallest absolute Gasteiger partial charge is 0.253 e. The van der Waals surface area contributed by atoms with E-state index in [1.165, 1.54) is 0 Å². The van der Waals surface area contributed by atoms with Gasteiger partial charge in [-0.2, -0.15) is 0 Å². The molecule has 1 amide bonds. The van der Waals surface area contributed by atoms with Gasteiger partial charge in [0.05, 0.1) is 20.1 Å². The second-order valence-electron chi connectivity index (χ2n) is 6.49. The summed E-state index contributed by atoms with van der Waals surface area (Å²) in [6, 6.07) is 15.1. The van der Waals surface area contributed by atoms with Gasteiger partial charge in [0.15, 0.2) is 0 Å². The number of likely N-dealkylation sites (N-methyl/N-ethyl adjacent to an activating group) is 1. The van der Waals surface area contributed by atoms with E-state index in [2.05, 4.69) is 4.98 Å². The summed E-state index contributed by atoms with van der Waals surface area (Å²) in [6.45, 7) is 2.28. The molecule has 0 aliphatic carbocycles. The molecule has 0 radical (unpaired) electrons. The van der Waals surface area contributed by atoms with Crippen molar-refractivity contribution in [2.75, 3.05) is 14.2 Å². The third-order valence-electron chi connectivity index (χ3n) is 4.42. The number of hydrogen-bond acceptors (Lipinski definition) is 3. The molecule has 0 saturated heterocycles. The number of aromatic amines is 1. The SMILES string of the molecule is COc1ccc(CC(=O)N(C)Cc2cc3cc(C)ccc3[nH]c2=O)cc1. The molecule has 0 atom stereocenters. The molecule has 0 unspecified atom stereocenters. The first-order chi connectivity index (χ1) is 12.5. The first-order valence-electron chi connectivity index (χ1n) is 8.46. The van der Waals surface area contributed by atoms with Gasteiger partial charge in [0.2, 0.25) is 5.91 Å². The Morgan fingerprint density at radius 2 is 1.85 bits per heavy atom. The fourth-order valence-corrected chi connectivity index (χ4v) is 2.89. The Morgan fingerprint density at radius 1 is 1.12 bits per heavy atom. The van der Waals surface area contributed by atoms with Crippen LogP contribution >= 0.6 is 0 Å². The predicted octanol–water partition coefficient (Wildman–Crippen LogP) is 3.05. The lowest BCUT2D eigenvalue weighted by atomic mass is 10.1. The lowest BCUT2D eigenvalue weighted by Gasteiger charge is -2.17. The molecule has 0 bridgehead atoms. The normalized spacial score (nSPS) is 10.7. The van der Waals surface area contributed by atoms with Gasteiger partial charge >= 0.3 is 0 Å². The molecule has 1 aromatic heterocycles. The van der Waals surface area contributed by atoms with Gasteiger partial charge in [-0.05, 0) is 48.2 Å². The minimum absolute atomic E-state index is 0.0427. The number of fused-ring (bicyclic) bond motifs is 1. The first kappa shape index (κ1) is 17.7. The highest BCUT2D eigenvalue weighted by molar-refractivity contribution is 5.80. The number of nitrogens with zero attached hydrogens (tertiary/aromatic N) is 1. The van der Waals surface area contributed by atoms with Crippen molar-refractivity contribution in [2.24, 2.45) is 0 Å². The number of benzene rings is 2. The third kappa shape index (κ3) is 3.94. The summed E-state index contributed by atoms with van der Waals surface area (Å²) in [5.41, 5.74) is 3.25. The molecule has 0 spiro atoms. The van der Waals surface area contributed by atoms with E-state index in [4.69, 9.17) is 4.74 Å². The number of amides is 1. The van der Waals surface area contributed by atoms with Crippen LogP contribution in [0.15, 0.2) is 53.3 Å². The van der Waals surface area contributed by atoms with Crippen molar-refractivity contribution >= 4 is 16.8 Å². The molecule has 3 aromatic rings. The third-order valence-corrected chi connectivity index (χ3v) is 4.42. The van der Waals surface area contributed by atoms with Crippen molar-refractivity contribution in [1.82, 2.24) is 9.88 Å². The molecule has 134 valence electrons. The summed E-state index contributed by atoms with van der Waals surface area (Å²) in [6.07, 6.45) is 0.283. The first-order valence-corrected chi connectivity index (χ1v) is 8.46. The molecule has 0 fully saturated rings. The summed E-state index contributed by atoms with van der Waals surface area (Å²) >= 11 is 0. The van der Waals surface area contributed by atoms with Gasteiger partial charge in [0.1, 0.15) is 5.75 Å². The van der Waals surface area contributed by atoms with Crippen molar-refractivity contribution in [2.45, 2.75) is 19.9 Å². The number of methoxy groups -OCH3 is 1. The van der Waals surface area contributed by atoms with E-state index in [9.17, 15) is 9.59 Å². The lowest BCUT2D eigenvalue weighted by Crippen LogP contribution is -2.30. The molecular weight excluding hydrogens is 328 g/mol. The molecule has 2 aromatic carbocycles. The predicted molar refractivity (Wildman–Crippen MR) is 102 cm³/mol. The quantitative estimate of drug-likeness (QED) is 0.769. The summed E-state index contributed by atoms with van der Waals surface area (Å²) in [4.78, 5) is 29.2. The Balaban J connectivity index is 1.74. The molecule has 0 aliphatic rings. The van der Waals surface area contributed by atoms with Gasteiger partial charge in [-0.3, -0.25) is 9.59 Å². The number of hydrogen-bond donors (Lipinski definition) is 1. The molecule has 0 aliphatic heterocycles. The Hall–Kier alpha value is -3.08. The fraction of sp³-hybridized carbons (Fsp3) is 0.238. The second-order valence-corrected chi connectivity index (χ2v) is 6.49. The van der Waals surface area contributed by atoms with Crippen molar-refractivity contribution in [1.29, 1.82) is 0 Å². The number of ether oxygens (including phenoxy) is 1. The van der Waals surface area contributed by atoms with Gasteiger partial charge in [-0.1, -0.05) is 23.8 Å². The molecule has 3 rings (SSSR count). The lowest BCUT2D eigenvalue weighted by molar-refractivity contribution is -0.129. The Morgan fingerprint density at radius 3 is 2.54 bits per heavy atom. The summed E-state index contributed by atoms with van der Waals surface area (Å²) in [5.74, 6) is 0.714. The van der Waals surface area contributed by atoms with Crippen LogP contribution in [0.2, 0.25) is 0 Å². The van der Waals surface area contributed by atoms with Crippen molar-refractivity contribution in [3.8, 4) is 5.75 Å². The van der Waals surface area contributed by atoms with Crippen LogP contribution in [-0.4, -0.2) is 29.9 Å². The van der Waals surface area contributed by atoms with Gasteiger partial charge in [-0.15, -0.1) is 0 Å². The van der Waals surface area contributed by atoms with Gasteiger partial charge in [0.25, 0.3) is 5.56 Å². The van der Waals surface area contributed by atoms with Crippen LogP contribution in [0.25, 0.3) is 10.9 Å². The zero-order chi connectivity index (χ0) is 18.7. The molecule has 5 nitrogen and oxygen atoms in total. The maximum Gasteiger partial charge on any atom is 0.253 e. The van der Waals surface area contributed by atoms with Crippen LogP contribution in [-0.2, 0) is 17.8 Å². The van der Waals surface area contributed by atoms with Crippen LogP contribution in [0, 0.1) is 6.92 Å². The second kappa shape index (κ2) is 7.44. The molecule has 0 saturated carbocycles. The van der Waals surface area contributed by atoms with Crippen LogP contribution in [0.1, 0.15) is 16.7 Å². The van der Waals surface area contributed by atoms with Gasteiger partial charge in [-0.25, -0.2) is 0 Å². The van der Waals surface area contributed by atoms with E-state index in [-0.39, 0.29) is 24.4 Å². The monoisotopic (exact) mass is 350 g/mol. The highest BCUT2D eigenvalue weighted by Gasteiger charge is 2.13. The standard InChI is InChI=1S/C21H22N2O3/c1-14-4-9-19-16(10-14)12-17(21(25)22-19)13-23(2)20(24)11-15-5-7-18(26-3)8-6-15/h4-10,12H,11,13H2,1-3H3,(H,22,25). The summed E-state index contributed by atoms with van der Waals surface area (Å²) in [5, 5.41) is 0.968. The van der Waals surface area contributed by atoms with Crippen LogP contribution in [0.3, 0.4) is 0 Å². The van der Waals surface area contributed by atoms with E-state index in [1.54, 1.807) is 19.1 Å². The fourth-order valence-electron chi connectivity index (χ4n) is 2.89. The largest absolute Gasteiger partial charge is 0.497 e. The Labute approximate surface area is 152 Å². The number of pyridine rings is 1. The highest BCUT2D eigenvalue weighted by Crippen LogP contribution is 2.15. The van der Waals surface area contributed by atoms with Crippen LogP contribution in [0.4, 0.5) is 0 Å². The van der Waals surface area contributed by atoms with Crippen molar-refractivity contribution in [3.63, 3.8) is 0 Å². The summed E-state index contributed by atoms with van der Waals surface area (Å²) in [7, 11) is 3.32. The minimum atomic E-state index is -0.162. The maximum atomic E-state index is 12.5. The number of H-pyrrole nitrogens is 1. The Bertz CT molecular complexity index is 990. The number of carbonyl (C=O) groups excluding carboxylic acids is 1. The van der Waals surface area contributed by atoms with E-state index in [0.717, 1.165) is 27.8 Å². The van der Waals surface area contributed by atoms with Gasteiger partial charge < -0.3 is 14.6 Å². The van der Waals surface area contributed by atoms with Crippen LogP contribution < -0.4 is 10.3 Å². The van der Waals surface area contributed by atoms with E-state index in [1.807, 2.05) is 55.5 Å². The zero-order valence-electron chi connectivity index (χ0n) is 15.2. The topological polar surface area (TPSA) is 62.4 Å². The molecule has 1 N–H and O–H groups in total. The van der Waals surface area contributed by atoms with Gasteiger partial charge in [0, 0.05) is 18.1 Å². The molecule has 26 heavy (non-hydrogen) atoms. The van der Waals surface area contributed by atoms with E-state index < -0.39 is 0 Å². The van der Waals surface area contributed by atoms with E-state index in [0.29, 0.717) is 5.56 Å². The highest BCUT2D eigenvalue weighted by atomic mass is 16.5. The summed E-state index contributed by atoms with van der Waals surface area (Å²) < 4.78 is 5.12. The number of carbonyl (C=O) groups is 1. The number of aryl methyl sites for hydroxylation is 1. The number of aromatic nitrogens is 1. The van der Waals surface area contributed by atoms with Crippen LogP contribution in [0.5, 0.6) is 5.75 Å². The average Bonchev–Trinajstić information content (AvgIpc) is 2.63. The minimum Gasteiger partial charge on any atom is -0.497 e. The van der Waals surface area contributed by atoms with Crippen molar-refractivity contribution in [3.05, 3.63) is 75.6 Å².